The molecule has 0 aliphatic rings. The average Bonchev–Trinajstić information content (AvgIpc) is 2.39. The fourth-order valence-corrected chi connectivity index (χ4v) is 3.22. The Hall–Kier alpha value is -1.74. The van der Waals surface area contributed by atoms with Gasteiger partial charge in [-0.3, -0.25) is 0 Å². The van der Waals surface area contributed by atoms with E-state index in [9.17, 15) is 0 Å². The quantitative estimate of drug-likeness (QED) is 0.628. The van der Waals surface area contributed by atoms with Crippen LogP contribution in [0.4, 0.5) is 5.69 Å². The van der Waals surface area contributed by atoms with E-state index in [4.69, 9.17) is 15.7 Å². The van der Waals surface area contributed by atoms with Crippen LogP contribution in [0.3, 0.4) is 0 Å². The van der Waals surface area contributed by atoms with Crippen LogP contribution < -0.4 is 10.5 Å². The number of anilines is 1. The number of halogens is 1. The average molecular weight is 392 g/mol. The zero-order valence-electron chi connectivity index (χ0n) is 12.3. The summed E-state index contributed by atoms with van der Waals surface area (Å²) in [6.07, 6.45) is 0. The summed E-state index contributed by atoms with van der Waals surface area (Å²) < 4.78 is 6.77. The molecule has 2 rings (SSSR count). The molecule has 2 aromatic carbocycles. The third-order valence-electron chi connectivity index (χ3n) is 3.40. The smallest absolute Gasteiger partial charge is 0.156 e. The Morgan fingerprint density at radius 3 is 2.29 bits per heavy atom. The first-order valence-electron chi connectivity index (χ1n) is 6.61. The Morgan fingerprint density at radius 2 is 1.76 bits per heavy atom. The van der Waals surface area contributed by atoms with Crippen LogP contribution in [0.5, 0.6) is 5.75 Å². The standard InChI is InChI=1S/C17H17IN2O/c1-10-4-11(2)14(12(3)5-10)9-21-17-15(18)6-13(8-19)7-16(17)20/h4-7H,9,20H2,1-3H3. The van der Waals surface area contributed by atoms with Gasteiger partial charge < -0.3 is 10.5 Å². The van der Waals surface area contributed by atoms with Crippen molar-refractivity contribution in [3.8, 4) is 11.8 Å². The monoisotopic (exact) mass is 392 g/mol. The van der Waals surface area contributed by atoms with Gasteiger partial charge in [-0.05, 0) is 72.2 Å². The molecule has 0 saturated heterocycles. The molecule has 2 N–H and O–H groups in total. The van der Waals surface area contributed by atoms with Crippen molar-refractivity contribution in [2.24, 2.45) is 0 Å². The summed E-state index contributed by atoms with van der Waals surface area (Å²) in [6, 6.07) is 9.82. The van der Waals surface area contributed by atoms with Gasteiger partial charge in [-0.15, -0.1) is 0 Å². The van der Waals surface area contributed by atoms with Gasteiger partial charge in [0.1, 0.15) is 6.61 Å². The summed E-state index contributed by atoms with van der Waals surface area (Å²) in [4.78, 5) is 0. The van der Waals surface area contributed by atoms with Crippen LogP contribution in [0.1, 0.15) is 27.8 Å². The largest absolute Gasteiger partial charge is 0.486 e. The highest BCUT2D eigenvalue weighted by molar-refractivity contribution is 14.1. The first kappa shape index (κ1) is 15.6. The van der Waals surface area contributed by atoms with E-state index >= 15 is 0 Å². The number of rotatable bonds is 3. The summed E-state index contributed by atoms with van der Waals surface area (Å²) in [6.45, 7) is 6.74. The molecule has 0 amide bonds. The van der Waals surface area contributed by atoms with Crippen LogP contribution in [0.15, 0.2) is 24.3 Å². The molecule has 108 valence electrons. The number of benzene rings is 2. The summed E-state index contributed by atoms with van der Waals surface area (Å²) in [5, 5.41) is 8.93. The lowest BCUT2D eigenvalue weighted by Gasteiger charge is -2.15. The van der Waals surface area contributed by atoms with E-state index in [1.165, 1.54) is 22.3 Å². The summed E-state index contributed by atoms with van der Waals surface area (Å²) in [7, 11) is 0. The van der Waals surface area contributed by atoms with Gasteiger partial charge in [0.2, 0.25) is 0 Å². The van der Waals surface area contributed by atoms with Gasteiger partial charge >= 0.3 is 0 Å². The zero-order valence-corrected chi connectivity index (χ0v) is 14.5. The van der Waals surface area contributed by atoms with Crippen LogP contribution in [0.25, 0.3) is 0 Å². The highest BCUT2D eigenvalue weighted by Crippen LogP contribution is 2.31. The minimum atomic E-state index is 0.476. The molecule has 0 fully saturated rings. The SMILES string of the molecule is Cc1cc(C)c(COc2c(N)cc(C#N)cc2I)c(C)c1. The molecule has 0 unspecified atom stereocenters. The number of hydrogen-bond acceptors (Lipinski definition) is 3. The summed E-state index contributed by atoms with van der Waals surface area (Å²) in [5.41, 5.74) is 11.9. The summed E-state index contributed by atoms with van der Waals surface area (Å²) >= 11 is 2.14. The van der Waals surface area contributed by atoms with Crippen molar-refractivity contribution in [3.63, 3.8) is 0 Å². The van der Waals surface area contributed by atoms with Gasteiger partial charge in [0, 0.05) is 0 Å². The second-order valence-electron chi connectivity index (χ2n) is 5.15. The van der Waals surface area contributed by atoms with Crippen LogP contribution in [0.2, 0.25) is 0 Å². The number of ether oxygens (including phenoxy) is 1. The minimum Gasteiger partial charge on any atom is -0.486 e. The lowest BCUT2D eigenvalue weighted by atomic mass is 10.0. The number of nitrogen functional groups attached to an aromatic ring is 1. The van der Waals surface area contributed by atoms with Crippen LogP contribution in [0, 0.1) is 35.7 Å². The van der Waals surface area contributed by atoms with Gasteiger partial charge in [0.15, 0.2) is 5.75 Å². The third kappa shape index (κ3) is 3.48. The molecule has 0 atom stereocenters. The van der Waals surface area contributed by atoms with Gasteiger partial charge in [-0.2, -0.15) is 5.26 Å². The molecule has 0 aliphatic heterocycles. The molecule has 0 aliphatic carbocycles. The lowest BCUT2D eigenvalue weighted by Crippen LogP contribution is -2.04. The van der Waals surface area contributed by atoms with Gasteiger partial charge in [-0.25, -0.2) is 0 Å². The van der Waals surface area contributed by atoms with Crippen molar-refractivity contribution in [1.29, 1.82) is 5.26 Å². The predicted octanol–water partition coefficient (Wildman–Crippen LogP) is 4.25. The van der Waals surface area contributed by atoms with Crippen LogP contribution in [-0.2, 0) is 6.61 Å². The molecule has 0 saturated carbocycles. The molecule has 0 heterocycles. The zero-order chi connectivity index (χ0) is 15.6. The molecular formula is C17H17IN2O. The highest BCUT2D eigenvalue weighted by Gasteiger charge is 2.11. The fraction of sp³-hybridized carbons (Fsp3) is 0.235. The van der Waals surface area contributed by atoms with Crippen LogP contribution in [-0.4, -0.2) is 0 Å². The number of nitriles is 1. The maximum Gasteiger partial charge on any atom is 0.156 e. The fourth-order valence-electron chi connectivity index (χ4n) is 2.41. The molecule has 0 aromatic heterocycles. The Labute approximate surface area is 138 Å². The number of nitrogens with two attached hydrogens (primary N) is 1. The van der Waals surface area contributed by atoms with E-state index in [0.717, 1.165) is 3.57 Å². The van der Waals surface area contributed by atoms with Gasteiger partial charge in [-0.1, -0.05) is 17.7 Å². The van der Waals surface area contributed by atoms with E-state index in [1.54, 1.807) is 12.1 Å². The Kier molecular flexibility index (Phi) is 4.73. The molecule has 0 radical (unpaired) electrons. The third-order valence-corrected chi connectivity index (χ3v) is 4.20. The Morgan fingerprint density at radius 1 is 1.14 bits per heavy atom. The first-order chi connectivity index (χ1) is 9.92. The Balaban J connectivity index is 2.28. The molecule has 21 heavy (non-hydrogen) atoms. The van der Waals surface area contributed by atoms with E-state index in [2.05, 4.69) is 61.6 Å². The molecule has 4 heteroatoms. The van der Waals surface area contributed by atoms with Crippen molar-refractivity contribution in [3.05, 3.63) is 55.7 Å². The topological polar surface area (TPSA) is 59.0 Å². The van der Waals surface area contributed by atoms with Crippen molar-refractivity contribution in [2.45, 2.75) is 27.4 Å². The van der Waals surface area contributed by atoms with E-state index in [-0.39, 0.29) is 0 Å². The second-order valence-corrected chi connectivity index (χ2v) is 6.32. The number of aryl methyl sites for hydroxylation is 3. The number of nitrogens with zero attached hydrogens (tertiary/aromatic N) is 1. The molecule has 0 bridgehead atoms. The number of hydrogen-bond donors (Lipinski definition) is 1. The van der Waals surface area contributed by atoms with Crippen molar-refractivity contribution in [1.82, 2.24) is 0 Å². The normalized spacial score (nSPS) is 10.2. The Bertz CT molecular complexity index is 686. The summed E-state index contributed by atoms with van der Waals surface area (Å²) in [5.74, 6) is 0.647. The van der Waals surface area contributed by atoms with E-state index in [1.807, 2.05) is 0 Å². The van der Waals surface area contributed by atoms with Crippen molar-refractivity contribution >= 4 is 28.3 Å². The highest BCUT2D eigenvalue weighted by atomic mass is 127. The van der Waals surface area contributed by atoms with Crippen LogP contribution >= 0.6 is 22.6 Å². The van der Waals surface area contributed by atoms with E-state index in [0.29, 0.717) is 23.6 Å². The second kappa shape index (κ2) is 6.35. The van der Waals surface area contributed by atoms with E-state index < -0.39 is 0 Å². The predicted molar refractivity (Wildman–Crippen MR) is 93.3 cm³/mol. The maximum absolute atomic E-state index is 8.93. The molecule has 2 aromatic rings. The maximum atomic E-state index is 8.93. The minimum absolute atomic E-state index is 0.476. The first-order valence-corrected chi connectivity index (χ1v) is 7.69. The van der Waals surface area contributed by atoms with Gasteiger partial charge in [0.05, 0.1) is 20.9 Å². The lowest BCUT2D eigenvalue weighted by molar-refractivity contribution is 0.304. The van der Waals surface area contributed by atoms with Crippen molar-refractivity contribution in [2.75, 3.05) is 5.73 Å². The van der Waals surface area contributed by atoms with Gasteiger partial charge in [0.25, 0.3) is 0 Å². The van der Waals surface area contributed by atoms with Crippen molar-refractivity contribution < 1.29 is 4.74 Å². The molecular weight excluding hydrogens is 375 g/mol. The molecule has 3 nitrogen and oxygen atoms in total. The molecule has 0 spiro atoms.